The van der Waals surface area contributed by atoms with Crippen molar-refractivity contribution in [1.29, 1.82) is 0 Å². The van der Waals surface area contributed by atoms with E-state index in [0.29, 0.717) is 0 Å². The van der Waals surface area contributed by atoms with Crippen LogP contribution in [-0.2, 0) is 33.8 Å². The van der Waals surface area contributed by atoms with Crippen LogP contribution in [-0.4, -0.2) is 36.4 Å². The van der Waals surface area contributed by atoms with Gasteiger partial charge in [-0.3, -0.25) is 9.59 Å². The molecule has 1 unspecified atom stereocenters. The fourth-order valence-electron chi connectivity index (χ4n) is 5.42. The fraction of sp³-hybridized carbons (Fsp3) is 0.222. The lowest BCUT2D eigenvalue weighted by molar-refractivity contribution is -0.147. The maximum Gasteiger partial charge on any atom is 0.330 e. The van der Waals surface area contributed by atoms with Gasteiger partial charge in [-0.25, -0.2) is 9.59 Å². The largest absolute Gasteiger partial charge is 0.459 e. The van der Waals surface area contributed by atoms with Crippen molar-refractivity contribution >= 4 is 52.7 Å². The Labute approximate surface area is 283 Å². The third-order valence-electron chi connectivity index (χ3n) is 7.76. The highest BCUT2D eigenvalue weighted by Gasteiger charge is 2.28. The molecule has 0 bridgehead atoms. The number of ether oxygens (including phenoxy) is 1. The summed E-state index contributed by atoms with van der Waals surface area (Å²) in [6.45, 7) is 1.62. The van der Waals surface area contributed by atoms with E-state index in [2.05, 4.69) is 21.3 Å². The van der Waals surface area contributed by atoms with Crippen LogP contribution in [0, 0.1) is 6.92 Å². The molecule has 4 aromatic carbocycles. The van der Waals surface area contributed by atoms with E-state index in [0.717, 1.165) is 35.1 Å². The Morgan fingerprint density at radius 3 is 2.43 bits per heavy atom. The molecule has 1 aliphatic rings. The van der Waals surface area contributed by atoms with Gasteiger partial charge in [-0.05, 0) is 54.2 Å². The zero-order valence-corrected chi connectivity index (χ0v) is 27.2. The summed E-state index contributed by atoms with van der Waals surface area (Å²) in [5, 5.41) is 10.9. The molecular formula is C36H34Cl2N4O5. The molecule has 5 rings (SSSR count). The second kappa shape index (κ2) is 15.6. The van der Waals surface area contributed by atoms with E-state index >= 15 is 0 Å². The molecule has 11 heteroatoms. The molecule has 0 aromatic heterocycles. The van der Waals surface area contributed by atoms with Crippen LogP contribution in [0.1, 0.15) is 50.6 Å². The molecule has 9 nitrogen and oxygen atoms in total. The minimum Gasteiger partial charge on any atom is -0.459 e. The number of carbonyl (C=O) groups is 4. The Balaban J connectivity index is 1.28. The first-order chi connectivity index (χ1) is 22.7. The van der Waals surface area contributed by atoms with Crippen LogP contribution in [0.4, 0.5) is 10.5 Å². The number of benzene rings is 4. The summed E-state index contributed by atoms with van der Waals surface area (Å²) in [7, 11) is 0. The van der Waals surface area contributed by atoms with Gasteiger partial charge in [-0.1, -0.05) is 108 Å². The Kier molecular flexibility index (Phi) is 11.1. The maximum absolute atomic E-state index is 13.6. The van der Waals surface area contributed by atoms with Crippen molar-refractivity contribution in [2.75, 3.05) is 11.9 Å². The number of rotatable bonds is 11. The molecule has 0 saturated heterocycles. The predicted octanol–water partition coefficient (Wildman–Crippen LogP) is 6.31. The lowest BCUT2D eigenvalue weighted by Crippen LogP contribution is -2.51. The second-order valence-electron chi connectivity index (χ2n) is 11.3. The van der Waals surface area contributed by atoms with E-state index in [9.17, 15) is 19.2 Å². The van der Waals surface area contributed by atoms with Gasteiger partial charge in [-0.15, -0.1) is 0 Å². The van der Waals surface area contributed by atoms with E-state index in [1.54, 1.807) is 12.1 Å². The summed E-state index contributed by atoms with van der Waals surface area (Å²) >= 11 is 13.0. The molecule has 1 aliphatic carbocycles. The van der Waals surface area contributed by atoms with Crippen molar-refractivity contribution in [2.24, 2.45) is 0 Å². The first-order valence-corrected chi connectivity index (χ1v) is 15.9. The molecule has 4 aromatic rings. The lowest BCUT2D eigenvalue weighted by atomic mass is 10.1. The van der Waals surface area contributed by atoms with E-state index in [1.165, 1.54) is 17.7 Å². The Morgan fingerprint density at radius 1 is 0.894 bits per heavy atom. The number of aryl methyl sites for hydroxylation is 2. The molecule has 47 heavy (non-hydrogen) atoms. The zero-order chi connectivity index (χ0) is 33.3. The van der Waals surface area contributed by atoms with Crippen molar-refractivity contribution in [1.82, 2.24) is 16.0 Å². The number of hydrogen-bond acceptors (Lipinski definition) is 5. The highest BCUT2D eigenvalue weighted by Crippen LogP contribution is 2.32. The van der Waals surface area contributed by atoms with E-state index in [4.69, 9.17) is 27.9 Å². The molecule has 0 aliphatic heterocycles. The van der Waals surface area contributed by atoms with Crippen molar-refractivity contribution in [3.63, 3.8) is 0 Å². The van der Waals surface area contributed by atoms with Gasteiger partial charge in [0.05, 0.1) is 40.3 Å². The molecule has 0 spiro atoms. The quantitative estimate of drug-likeness (QED) is 0.139. The lowest BCUT2D eigenvalue weighted by Gasteiger charge is -2.21. The van der Waals surface area contributed by atoms with Gasteiger partial charge in [0, 0.05) is 0 Å². The second-order valence-corrected chi connectivity index (χ2v) is 12.0. The predicted molar refractivity (Wildman–Crippen MR) is 182 cm³/mol. The zero-order valence-electron chi connectivity index (χ0n) is 25.6. The van der Waals surface area contributed by atoms with Gasteiger partial charge in [0.1, 0.15) is 12.6 Å². The van der Waals surface area contributed by atoms with Crippen molar-refractivity contribution < 1.29 is 23.9 Å². The van der Waals surface area contributed by atoms with Crippen LogP contribution in [0.25, 0.3) is 0 Å². The minimum atomic E-state index is -1.29. The topological polar surface area (TPSA) is 126 Å². The normalized spacial score (nSPS) is 14.0. The van der Waals surface area contributed by atoms with Gasteiger partial charge in [-0.2, -0.15) is 0 Å². The summed E-state index contributed by atoms with van der Waals surface area (Å²) in [4.78, 5) is 52.5. The summed E-state index contributed by atoms with van der Waals surface area (Å²) < 4.78 is 5.49. The number of urea groups is 1. The molecule has 4 amide bonds. The van der Waals surface area contributed by atoms with Crippen LogP contribution >= 0.6 is 23.2 Å². The molecule has 242 valence electrons. The Morgan fingerprint density at radius 2 is 1.64 bits per heavy atom. The summed E-state index contributed by atoms with van der Waals surface area (Å²) in [6.07, 6.45) is 1.69. The van der Waals surface area contributed by atoms with Crippen LogP contribution in [0.15, 0.2) is 91.0 Å². The number of carbonyl (C=O) groups excluding carboxylic acids is 4. The number of nitrogens with one attached hydrogen (secondary N) is 4. The van der Waals surface area contributed by atoms with Gasteiger partial charge in [0.2, 0.25) is 5.91 Å². The number of esters is 1. The highest BCUT2D eigenvalue weighted by atomic mass is 35.5. The van der Waals surface area contributed by atoms with Crippen LogP contribution in [0.5, 0.6) is 0 Å². The summed E-state index contributed by atoms with van der Waals surface area (Å²) in [5.41, 5.74) is 4.84. The SMILES string of the molecule is Cc1cccc(CC(=O)Nc2ccc(Cl)c(C(=O)NC(CNC(=O)N[C@@H]3CCc4ccccc43)C(=O)OCc3ccccc3)c2Cl)c1. The molecule has 0 heterocycles. The maximum atomic E-state index is 13.6. The molecule has 4 N–H and O–H groups in total. The van der Waals surface area contributed by atoms with Gasteiger partial charge in [0.25, 0.3) is 5.91 Å². The van der Waals surface area contributed by atoms with Crippen LogP contribution in [0.3, 0.4) is 0 Å². The average molecular weight is 674 g/mol. The minimum absolute atomic E-state index is 0.00573. The fourth-order valence-corrected chi connectivity index (χ4v) is 6.01. The summed E-state index contributed by atoms with van der Waals surface area (Å²) in [5.74, 6) is -1.90. The monoisotopic (exact) mass is 672 g/mol. The number of halogens is 2. The first kappa shape index (κ1) is 33.5. The van der Waals surface area contributed by atoms with Gasteiger partial charge >= 0.3 is 12.0 Å². The number of anilines is 1. The van der Waals surface area contributed by atoms with E-state index in [1.807, 2.05) is 73.7 Å². The Bertz CT molecular complexity index is 1780. The van der Waals surface area contributed by atoms with Crippen molar-refractivity contribution in [3.05, 3.63) is 134 Å². The third kappa shape index (κ3) is 8.90. The third-order valence-corrected chi connectivity index (χ3v) is 8.47. The number of hydrogen-bond donors (Lipinski definition) is 4. The molecule has 0 fully saturated rings. The Hall–Kier alpha value is -4.86. The molecule has 0 radical (unpaired) electrons. The number of fused-ring (bicyclic) bond motifs is 1. The van der Waals surface area contributed by atoms with Gasteiger partial charge < -0.3 is 26.0 Å². The average Bonchev–Trinajstić information content (AvgIpc) is 3.46. The van der Waals surface area contributed by atoms with Gasteiger partial charge in [0.15, 0.2) is 0 Å². The van der Waals surface area contributed by atoms with Crippen LogP contribution in [0.2, 0.25) is 10.0 Å². The highest BCUT2D eigenvalue weighted by molar-refractivity contribution is 6.41. The molecular weight excluding hydrogens is 639 g/mol. The molecule has 0 saturated carbocycles. The first-order valence-electron chi connectivity index (χ1n) is 15.1. The van der Waals surface area contributed by atoms with E-state index in [-0.39, 0.29) is 52.8 Å². The van der Waals surface area contributed by atoms with E-state index < -0.39 is 23.9 Å². The standard InChI is InChI=1S/C36H34Cl2N4O5/c1-22-8-7-11-24(18-22)19-31(43)40-29-17-15-27(37)32(33(29)38)34(44)41-30(35(45)47-21-23-9-3-2-4-10-23)20-39-36(46)42-28-16-14-25-12-5-6-13-26(25)28/h2-13,15,17-18,28,30H,14,16,19-21H2,1H3,(H,40,43)(H,41,44)(H2,39,42,46)/t28-,30?/m1/s1. The van der Waals surface area contributed by atoms with Crippen molar-refractivity contribution in [3.8, 4) is 0 Å². The van der Waals surface area contributed by atoms with Crippen LogP contribution < -0.4 is 21.3 Å². The smallest absolute Gasteiger partial charge is 0.330 e. The number of amides is 4. The molecule has 2 atom stereocenters. The van der Waals surface area contributed by atoms with Crippen molar-refractivity contribution in [2.45, 2.75) is 44.9 Å². The summed E-state index contributed by atoms with van der Waals surface area (Å²) in [6, 6.07) is 25.4.